The highest BCUT2D eigenvalue weighted by Crippen LogP contribution is 2.19. The Labute approximate surface area is 150 Å². The number of hydrogen-bond donors (Lipinski definition) is 0. The van der Waals surface area contributed by atoms with E-state index in [9.17, 15) is 9.59 Å². The lowest BCUT2D eigenvalue weighted by Gasteiger charge is -2.10. The van der Waals surface area contributed by atoms with E-state index in [1.807, 2.05) is 6.07 Å². The molecule has 1 aromatic rings. The Morgan fingerprint density at radius 1 is 1.12 bits per heavy atom. The van der Waals surface area contributed by atoms with Gasteiger partial charge in [-0.3, -0.25) is 4.79 Å². The number of rotatable bonds is 9. The Hall–Kier alpha value is -2.36. The van der Waals surface area contributed by atoms with Crippen LogP contribution in [0.4, 0.5) is 0 Å². The van der Waals surface area contributed by atoms with Gasteiger partial charge in [0.25, 0.3) is 0 Å². The first-order chi connectivity index (χ1) is 11.9. The Morgan fingerprint density at radius 3 is 2.52 bits per heavy atom. The Bertz CT molecular complexity index is 625. The summed E-state index contributed by atoms with van der Waals surface area (Å²) in [6.07, 6.45) is 8.18. The average molecular weight is 344 g/mol. The number of para-hydroxylation sites is 1. The van der Waals surface area contributed by atoms with E-state index in [-0.39, 0.29) is 0 Å². The number of carbonyl (C=O) groups is 2. The molecule has 0 aromatic heterocycles. The first kappa shape index (κ1) is 20.7. The number of ether oxygens (including phenoxy) is 2. The predicted octanol–water partition coefficient (Wildman–Crippen LogP) is 4.94. The zero-order chi connectivity index (χ0) is 18.7. The maximum atomic E-state index is 11.8. The SMILES string of the molecule is CC(=O)Oc1ccccc1C=CC(=O)OCCC(C)CCC=C(C)C. The lowest BCUT2D eigenvalue weighted by Crippen LogP contribution is -2.06. The van der Waals surface area contributed by atoms with Gasteiger partial charge in [-0.05, 0) is 51.2 Å². The van der Waals surface area contributed by atoms with E-state index in [1.165, 1.54) is 18.6 Å². The van der Waals surface area contributed by atoms with Crippen LogP contribution in [0.3, 0.4) is 0 Å². The van der Waals surface area contributed by atoms with E-state index in [0.717, 1.165) is 19.3 Å². The summed E-state index contributed by atoms with van der Waals surface area (Å²) in [5.74, 6) is 0.142. The van der Waals surface area contributed by atoms with Crippen LogP contribution in [-0.4, -0.2) is 18.5 Å². The lowest BCUT2D eigenvalue weighted by molar-refractivity contribution is -0.138. The standard InChI is InChI=1S/C21H28O4/c1-16(2)8-7-9-17(3)14-15-24-21(23)13-12-19-10-5-6-11-20(19)25-18(4)22/h5-6,8,10-13,17H,7,9,14-15H2,1-4H3. The third-order valence-electron chi connectivity index (χ3n) is 3.64. The minimum absolute atomic E-state index is 0.394. The van der Waals surface area contributed by atoms with Crippen molar-refractivity contribution in [3.05, 3.63) is 47.6 Å². The molecule has 0 spiro atoms. The van der Waals surface area contributed by atoms with Crippen LogP contribution in [0.5, 0.6) is 5.75 Å². The number of carbonyl (C=O) groups excluding carboxylic acids is 2. The van der Waals surface area contributed by atoms with Gasteiger partial charge < -0.3 is 9.47 Å². The molecule has 0 saturated carbocycles. The summed E-state index contributed by atoms with van der Waals surface area (Å²) in [7, 11) is 0. The van der Waals surface area contributed by atoms with Crippen molar-refractivity contribution in [3.63, 3.8) is 0 Å². The fourth-order valence-electron chi connectivity index (χ4n) is 2.23. The van der Waals surface area contributed by atoms with Crippen molar-refractivity contribution in [2.24, 2.45) is 5.92 Å². The van der Waals surface area contributed by atoms with E-state index < -0.39 is 11.9 Å². The van der Waals surface area contributed by atoms with E-state index in [4.69, 9.17) is 9.47 Å². The second-order valence-corrected chi connectivity index (χ2v) is 6.38. The van der Waals surface area contributed by atoms with Gasteiger partial charge in [-0.15, -0.1) is 0 Å². The van der Waals surface area contributed by atoms with Gasteiger partial charge in [0.15, 0.2) is 0 Å². The molecule has 0 fully saturated rings. The van der Waals surface area contributed by atoms with Gasteiger partial charge in [-0.2, -0.15) is 0 Å². The second kappa shape index (κ2) is 11.2. The molecular weight excluding hydrogens is 316 g/mol. The number of hydrogen-bond acceptors (Lipinski definition) is 4. The first-order valence-electron chi connectivity index (χ1n) is 8.64. The summed E-state index contributed by atoms with van der Waals surface area (Å²) in [4.78, 5) is 22.9. The number of benzene rings is 1. The second-order valence-electron chi connectivity index (χ2n) is 6.38. The van der Waals surface area contributed by atoms with Crippen LogP contribution in [0, 0.1) is 5.92 Å². The van der Waals surface area contributed by atoms with E-state index in [1.54, 1.807) is 24.3 Å². The van der Waals surface area contributed by atoms with Gasteiger partial charge in [0.2, 0.25) is 0 Å². The molecule has 0 aliphatic carbocycles. The fourth-order valence-corrected chi connectivity index (χ4v) is 2.23. The molecular formula is C21H28O4. The quantitative estimate of drug-likeness (QED) is 0.275. The first-order valence-corrected chi connectivity index (χ1v) is 8.64. The highest BCUT2D eigenvalue weighted by atomic mass is 16.5. The van der Waals surface area contributed by atoms with E-state index >= 15 is 0 Å². The van der Waals surface area contributed by atoms with E-state index in [2.05, 4.69) is 26.8 Å². The summed E-state index contributed by atoms with van der Waals surface area (Å²) in [5, 5.41) is 0. The van der Waals surface area contributed by atoms with Gasteiger partial charge in [-0.1, -0.05) is 36.8 Å². The van der Waals surface area contributed by atoms with Crippen LogP contribution in [0.1, 0.15) is 52.5 Å². The van der Waals surface area contributed by atoms with Crippen molar-refractivity contribution in [2.75, 3.05) is 6.61 Å². The molecule has 4 heteroatoms. The molecule has 1 aromatic carbocycles. The Balaban J connectivity index is 2.41. The van der Waals surface area contributed by atoms with Crippen molar-refractivity contribution in [3.8, 4) is 5.75 Å². The van der Waals surface area contributed by atoms with E-state index in [0.29, 0.717) is 23.8 Å². The molecule has 1 unspecified atom stereocenters. The smallest absolute Gasteiger partial charge is 0.330 e. The van der Waals surface area contributed by atoms with Gasteiger partial charge in [0.1, 0.15) is 5.75 Å². The zero-order valence-electron chi connectivity index (χ0n) is 15.6. The summed E-state index contributed by atoms with van der Waals surface area (Å²) >= 11 is 0. The van der Waals surface area contributed by atoms with Gasteiger partial charge in [0.05, 0.1) is 6.61 Å². The van der Waals surface area contributed by atoms with Crippen LogP contribution in [0.2, 0.25) is 0 Å². The summed E-state index contributed by atoms with van der Waals surface area (Å²) in [5.41, 5.74) is 1.99. The maximum absolute atomic E-state index is 11.8. The monoisotopic (exact) mass is 344 g/mol. The number of esters is 2. The van der Waals surface area contributed by atoms with Crippen molar-refractivity contribution >= 4 is 18.0 Å². The molecule has 4 nitrogen and oxygen atoms in total. The van der Waals surface area contributed by atoms with Crippen LogP contribution in [-0.2, 0) is 14.3 Å². The molecule has 0 N–H and O–H groups in total. The topological polar surface area (TPSA) is 52.6 Å². The molecule has 0 heterocycles. The van der Waals surface area contributed by atoms with Crippen LogP contribution in [0.25, 0.3) is 6.08 Å². The summed E-state index contributed by atoms with van der Waals surface area (Å²) < 4.78 is 10.3. The molecule has 136 valence electrons. The van der Waals surface area contributed by atoms with Crippen molar-refractivity contribution in [1.82, 2.24) is 0 Å². The van der Waals surface area contributed by atoms with Crippen LogP contribution in [0.15, 0.2) is 42.0 Å². The van der Waals surface area contributed by atoms with Gasteiger partial charge in [-0.25, -0.2) is 4.79 Å². The van der Waals surface area contributed by atoms with Crippen molar-refractivity contribution in [2.45, 2.75) is 47.0 Å². The maximum Gasteiger partial charge on any atom is 0.330 e. The molecule has 0 amide bonds. The highest BCUT2D eigenvalue weighted by molar-refractivity contribution is 5.87. The van der Waals surface area contributed by atoms with Gasteiger partial charge >= 0.3 is 11.9 Å². The molecule has 25 heavy (non-hydrogen) atoms. The highest BCUT2D eigenvalue weighted by Gasteiger charge is 2.05. The summed E-state index contributed by atoms with van der Waals surface area (Å²) in [6, 6.07) is 7.03. The van der Waals surface area contributed by atoms with Crippen molar-refractivity contribution < 1.29 is 19.1 Å². The minimum Gasteiger partial charge on any atom is -0.463 e. The largest absolute Gasteiger partial charge is 0.463 e. The molecule has 1 rings (SSSR count). The van der Waals surface area contributed by atoms with Crippen LogP contribution >= 0.6 is 0 Å². The fraction of sp³-hybridized carbons (Fsp3) is 0.429. The molecule has 1 atom stereocenters. The Kier molecular flexibility index (Phi) is 9.30. The molecule has 0 bridgehead atoms. The summed E-state index contributed by atoms with van der Waals surface area (Å²) in [6.45, 7) is 8.10. The van der Waals surface area contributed by atoms with Crippen LogP contribution < -0.4 is 4.74 Å². The van der Waals surface area contributed by atoms with Crippen molar-refractivity contribution in [1.29, 1.82) is 0 Å². The number of allylic oxidation sites excluding steroid dienone is 2. The third-order valence-corrected chi connectivity index (χ3v) is 3.64. The molecule has 0 aliphatic rings. The predicted molar refractivity (Wildman–Crippen MR) is 100 cm³/mol. The molecule has 0 aliphatic heterocycles. The molecule has 0 saturated heterocycles. The normalized spacial score (nSPS) is 11.8. The van der Waals surface area contributed by atoms with Gasteiger partial charge in [0, 0.05) is 18.6 Å². The minimum atomic E-state index is -0.398. The average Bonchev–Trinajstić information content (AvgIpc) is 2.53. The Morgan fingerprint density at radius 2 is 1.84 bits per heavy atom. The third kappa shape index (κ3) is 9.50. The molecule has 0 radical (unpaired) electrons. The zero-order valence-corrected chi connectivity index (χ0v) is 15.6. The lowest BCUT2D eigenvalue weighted by atomic mass is 10.0.